The molecule has 2 rings (SSSR count). The number of hydrogen-bond donors (Lipinski definition) is 2. The Labute approximate surface area is 113 Å². The third-order valence-electron chi connectivity index (χ3n) is 3.60. The monoisotopic (exact) mass is 255 g/mol. The van der Waals surface area contributed by atoms with Gasteiger partial charge in [0.1, 0.15) is 11.4 Å². The van der Waals surface area contributed by atoms with Crippen molar-refractivity contribution in [3.8, 4) is 12.3 Å². The molecule has 1 heterocycles. The minimum atomic E-state index is -0.640. The summed E-state index contributed by atoms with van der Waals surface area (Å²) < 4.78 is 0. The van der Waals surface area contributed by atoms with Crippen LogP contribution in [0.4, 0.5) is 4.79 Å². The van der Waals surface area contributed by atoms with Crippen molar-refractivity contribution in [3.05, 3.63) is 35.9 Å². The van der Waals surface area contributed by atoms with Crippen LogP contribution in [0.5, 0.6) is 0 Å². The number of rotatable bonds is 4. The third-order valence-corrected chi connectivity index (χ3v) is 3.60. The van der Waals surface area contributed by atoms with Gasteiger partial charge in [0.2, 0.25) is 0 Å². The van der Waals surface area contributed by atoms with E-state index in [1.54, 1.807) is 4.90 Å². The molecule has 1 unspecified atom stereocenters. The summed E-state index contributed by atoms with van der Waals surface area (Å²) in [5.74, 6) is 2.71. The molecule has 1 atom stereocenters. The van der Waals surface area contributed by atoms with Gasteiger partial charge in [-0.15, -0.1) is 6.42 Å². The van der Waals surface area contributed by atoms with Crippen LogP contribution in [0, 0.1) is 17.8 Å². The van der Waals surface area contributed by atoms with Gasteiger partial charge in [-0.3, -0.25) is 10.7 Å². The Morgan fingerprint density at radius 3 is 2.74 bits per heavy atom. The first kappa shape index (κ1) is 13.2. The summed E-state index contributed by atoms with van der Waals surface area (Å²) in [6.07, 6.45) is 6.78. The molecular weight excluding hydrogens is 238 g/mol. The Hall–Kier alpha value is -2.28. The highest BCUT2D eigenvalue weighted by molar-refractivity contribution is 6.08. The lowest BCUT2D eigenvalue weighted by Crippen LogP contribution is -2.47. The highest BCUT2D eigenvalue weighted by Gasteiger charge is 2.45. The quantitative estimate of drug-likeness (QED) is 0.794. The molecule has 0 aliphatic carbocycles. The molecule has 19 heavy (non-hydrogen) atoms. The average molecular weight is 255 g/mol. The molecule has 1 aromatic carbocycles. The zero-order valence-corrected chi connectivity index (χ0v) is 10.9. The number of amides is 2. The maximum absolute atomic E-state index is 11.8. The summed E-state index contributed by atoms with van der Waals surface area (Å²) in [5, 5.41) is 10.5. The van der Waals surface area contributed by atoms with Gasteiger partial charge in [0.25, 0.3) is 0 Å². The van der Waals surface area contributed by atoms with Gasteiger partial charge < -0.3 is 4.90 Å². The second kappa shape index (κ2) is 5.15. The van der Waals surface area contributed by atoms with Crippen LogP contribution in [0.25, 0.3) is 0 Å². The minimum Gasteiger partial charge on any atom is -0.301 e. The summed E-state index contributed by atoms with van der Waals surface area (Å²) >= 11 is 0. The summed E-state index contributed by atoms with van der Waals surface area (Å²) in [6, 6.07) is 9.75. The van der Waals surface area contributed by atoms with Gasteiger partial charge in [0.15, 0.2) is 0 Å². The number of terminal acetylenes is 1. The number of nitrogens with zero attached hydrogens (tertiary/aromatic N) is 1. The number of hydrogen-bond acceptors (Lipinski definition) is 2. The first-order valence-corrected chi connectivity index (χ1v) is 6.23. The van der Waals surface area contributed by atoms with Gasteiger partial charge in [-0.25, -0.2) is 4.79 Å². The van der Waals surface area contributed by atoms with Crippen LogP contribution in [-0.4, -0.2) is 28.9 Å². The Bertz CT molecular complexity index is 532. The smallest absolute Gasteiger partial charge is 0.301 e. The Balaban J connectivity index is 2.14. The van der Waals surface area contributed by atoms with Crippen molar-refractivity contribution in [1.29, 1.82) is 5.41 Å². The van der Waals surface area contributed by atoms with Crippen molar-refractivity contribution in [3.63, 3.8) is 0 Å². The highest BCUT2D eigenvalue weighted by Crippen LogP contribution is 2.26. The lowest BCUT2D eigenvalue weighted by molar-refractivity contribution is 0.186. The average Bonchev–Trinajstić information content (AvgIpc) is 2.62. The van der Waals surface area contributed by atoms with E-state index in [-0.39, 0.29) is 18.4 Å². The summed E-state index contributed by atoms with van der Waals surface area (Å²) in [4.78, 5) is 13.3. The van der Waals surface area contributed by atoms with Crippen LogP contribution in [-0.2, 0) is 6.42 Å². The standard InChI is InChI=1S/C15H17N3O/c1-3-11-18-14(19)17-13(16)15(18,2)10-9-12-7-5-4-6-8-12/h1,4-8H,9-11H2,2H3,(H2,16,17,19). The molecule has 0 spiro atoms. The van der Waals surface area contributed by atoms with Gasteiger partial charge in [0, 0.05) is 0 Å². The number of aryl methyl sites for hydroxylation is 1. The van der Waals surface area contributed by atoms with Crippen LogP contribution in [0.1, 0.15) is 18.9 Å². The molecule has 1 aliphatic rings. The summed E-state index contributed by atoms with van der Waals surface area (Å²) in [6.45, 7) is 2.10. The molecular formula is C15H17N3O. The van der Waals surface area contributed by atoms with E-state index in [1.165, 1.54) is 5.56 Å². The molecule has 4 heteroatoms. The van der Waals surface area contributed by atoms with E-state index < -0.39 is 5.54 Å². The van der Waals surface area contributed by atoms with Gasteiger partial charge >= 0.3 is 6.03 Å². The van der Waals surface area contributed by atoms with E-state index in [9.17, 15) is 4.79 Å². The highest BCUT2D eigenvalue weighted by atomic mass is 16.2. The van der Waals surface area contributed by atoms with Gasteiger partial charge in [0.05, 0.1) is 6.54 Å². The fourth-order valence-electron chi connectivity index (χ4n) is 2.30. The van der Waals surface area contributed by atoms with Crippen molar-refractivity contribution in [2.45, 2.75) is 25.3 Å². The van der Waals surface area contributed by atoms with E-state index in [0.29, 0.717) is 6.42 Å². The lowest BCUT2D eigenvalue weighted by Gasteiger charge is -2.32. The maximum atomic E-state index is 11.8. The number of carbonyl (C=O) groups excluding carboxylic acids is 1. The second-order valence-corrected chi connectivity index (χ2v) is 4.85. The zero-order valence-electron chi connectivity index (χ0n) is 10.9. The van der Waals surface area contributed by atoms with Crippen molar-refractivity contribution in [2.75, 3.05) is 6.54 Å². The van der Waals surface area contributed by atoms with Gasteiger partial charge in [-0.2, -0.15) is 0 Å². The molecule has 1 saturated heterocycles. The number of amidine groups is 1. The SMILES string of the molecule is C#CCN1C(=O)NC(=N)C1(C)CCc1ccccc1. The van der Waals surface area contributed by atoms with Gasteiger partial charge in [-0.1, -0.05) is 36.3 Å². The third kappa shape index (κ3) is 2.45. The molecule has 1 aromatic rings. The lowest BCUT2D eigenvalue weighted by atomic mass is 9.91. The molecule has 0 saturated carbocycles. The van der Waals surface area contributed by atoms with E-state index >= 15 is 0 Å². The number of benzene rings is 1. The fraction of sp³-hybridized carbons (Fsp3) is 0.333. The van der Waals surface area contributed by atoms with Crippen molar-refractivity contribution >= 4 is 11.9 Å². The Kier molecular flexibility index (Phi) is 3.57. The normalized spacial score (nSPS) is 22.2. The maximum Gasteiger partial charge on any atom is 0.324 e. The van der Waals surface area contributed by atoms with Crippen molar-refractivity contribution in [2.24, 2.45) is 0 Å². The topological polar surface area (TPSA) is 56.2 Å². The molecule has 1 aliphatic heterocycles. The van der Waals surface area contributed by atoms with Crippen molar-refractivity contribution in [1.82, 2.24) is 10.2 Å². The van der Waals surface area contributed by atoms with E-state index in [4.69, 9.17) is 11.8 Å². The number of nitrogens with one attached hydrogen (secondary N) is 2. The van der Waals surface area contributed by atoms with E-state index in [2.05, 4.69) is 11.2 Å². The molecule has 0 aromatic heterocycles. The fourth-order valence-corrected chi connectivity index (χ4v) is 2.30. The van der Waals surface area contributed by atoms with Crippen LogP contribution in [0.2, 0.25) is 0 Å². The molecule has 0 radical (unpaired) electrons. The molecule has 2 amide bonds. The zero-order chi connectivity index (χ0) is 13.9. The van der Waals surface area contributed by atoms with Crippen LogP contribution >= 0.6 is 0 Å². The van der Waals surface area contributed by atoms with Gasteiger partial charge in [-0.05, 0) is 25.3 Å². The largest absolute Gasteiger partial charge is 0.324 e. The van der Waals surface area contributed by atoms with Crippen LogP contribution < -0.4 is 5.32 Å². The first-order chi connectivity index (χ1) is 9.08. The molecule has 4 nitrogen and oxygen atoms in total. The van der Waals surface area contributed by atoms with Crippen LogP contribution in [0.15, 0.2) is 30.3 Å². The Morgan fingerprint density at radius 2 is 2.11 bits per heavy atom. The predicted molar refractivity (Wildman–Crippen MR) is 75.0 cm³/mol. The molecule has 2 N–H and O–H groups in total. The van der Waals surface area contributed by atoms with Crippen LogP contribution in [0.3, 0.4) is 0 Å². The predicted octanol–water partition coefficient (Wildman–Crippen LogP) is 2.01. The van der Waals surface area contributed by atoms with Crippen molar-refractivity contribution < 1.29 is 4.79 Å². The molecule has 1 fully saturated rings. The summed E-state index contributed by atoms with van der Waals surface area (Å²) in [5.41, 5.74) is 0.552. The van der Waals surface area contributed by atoms with E-state index in [1.807, 2.05) is 37.3 Å². The molecule has 0 bridgehead atoms. The number of carbonyl (C=O) groups is 1. The summed E-state index contributed by atoms with van der Waals surface area (Å²) in [7, 11) is 0. The second-order valence-electron chi connectivity index (χ2n) is 4.85. The van der Waals surface area contributed by atoms with E-state index in [0.717, 1.165) is 6.42 Å². The first-order valence-electron chi connectivity index (χ1n) is 6.23. The minimum absolute atomic E-state index is 0.222. The number of urea groups is 1. The Morgan fingerprint density at radius 1 is 1.42 bits per heavy atom. The molecule has 98 valence electrons.